The summed E-state index contributed by atoms with van der Waals surface area (Å²) in [5.41, 5.74) is 1.02. The quantitative estimate of drug-likeness (QED) is 0.881. The fourth-order valence-electron chi connectivity index (χ4n) is 2.22. The van der Waals surface area contributed by atoms with E-state index in [1.807, 2.05) is 6.07 Å². The van der Waals surface area contributed by atoms with Crippen molar-refractivity contribution < 1.29 is 4.39 Å². The molecule has 1 fully saturated rings. The van der Waals surface area contributed by atoms with Crippen LogP contribution in [0.15, 0.2) is 22.7 Å². The van der Waals surface area contributed by atoms with E-state index in [1.54, 1.807) is 6.07 Å². The minimum absolute atomic E-state index is 0.124. The Balaban J connectivity index is 2.01. The highest BCUT2D eigenvalue weighted by atomic mass is 79.9. The topological polar surface area (TPSA) is 12.0 Å². The molecule has 0 bridgehead atoms. The second kappa shape index (κ2) is 4.84. The first kappa shape index (κ1) is 12.1. The molecule has 1 nitrogen and oxygen atoms in total. The van der Waals surface area contributed by atoms with Gasteiger partial charge in [-0.15, -0.1) is 0 Å². The van der Waals surface area contributed by atoms with Crippen LogP contribution in [0.3, 0.4) is 0 Å². The molecule has 0 heterocycles. The minimum Gasteiger partial charge on any atom is -0.307 e. The van der Waals surface area contributed by atoms with E-state index in [4.69, 9.17) is 0 Å². The molecule has 0 saturated heterocycles. The van der Waals surface area contributed by atoms with Crippen LogP contribution in [0, 0.1) is 5.82 Å². The predicted octanol–water partition coefficient (Wildman–Crippen LogP) is 4.01. The summed E-state index contributed by atoms with van der Waals surface area (Å²) in [5, 5.41) is 3.51. The van der Waals surface area contributed by atoms with E-state index in [2.05, 4.69) is 28.2 Å². The maximum Gasteiger partial charge on any atom is 0.127 e. The van der Waals surface area contributed by atoms with Crippen molar-refractivity contribution in [1.82, 2.24) is 5.32 Å². The number of rotatable bonds is 4. The van der Waals surface area contributed by atoms with Gasteiger partial charge in [-0.05, 0) is 43.9 Å². The van der Waals surface area contributed by atoms with Gasteiger partial charge in [-0.1, -0.05) is 22.9 Å². The van der Waals surface area contributed by atoms with Crippen molar-refractivity contribution in [2.45, 2.75) is 44.7 Å². The minimum atomic E-state index is -0.124. The molecule has 1 aliphatic rings. The van der Waals surface area contributed by atoms with Crippen molar-refractivity contribution in [1.29, 1.82) is 0 Å². The van der Waals surface area contributed by atoms with Gasteiger partial charge in [-0.2, -0.15) is 0 Å². The van der Waals surface area contributed by atoms with E-state index in [1.165, 1.54) is 25.3 Å². The summed E-state index contributed by atoms with van der Waals surface area (Å²) in [6.07, 6.45) is 4.86. The highest BCUT2D eigenvalue weighted by molar-refractivity contribution is 9.10. The zero-order valence-electron chi connectivity index (χ0n) is 9.52. The van der Waals surface area contributed by atoms with Crippen LogP contribution in [0.25, 0.3) is 0 Å². The van der Waals surface area contributed by atoms with Crippen molar-refractivity contribution in [3.63, 3.8) is 0 Å². The van der Waals surface area contributed by atoms with Crippen LogP contribution in [0.5, 0.6) is 0 Å². The van der Waals surface area contributed by atoms with Crippen molar-refractivity contribution in [3.8, 4) is 0 Å². The smallest absolute Gasteiger partial charge is 0.127 e. The van der Waals surface area contributed by atoms with E-state index in [9.17, 15) is 4.39 Å². The van der Waals surface area contributed by atoms with E-state index >= 15 is 0 Å². The van der Waals surface area contributed by atoms with Crippen molar-refractivity contribution in [2.24, 2.45) is 0 Å². The van der Waals surface area contributed by atoms with Gasteiger partial charge in [0.05, 0.1) is 0 Å². The molecular weight excluding hydrogens is 269 g/mol. The fourth-order valence-corrected chi connectivity index (χ4v) is 2.63. The number of hydrogen-bond donors (Lipinski definition) is 1. The lowest BCUT2D eigenvalue weighted by atomic mass is 9.75. The monoisotopic (exact) mass is 285 g/mol. The van der Waals surface area contributed by atoms with Gasteiger partial charge in [0.1, 0.15) is 5.82 Å². The van der Waals surface area contributed by atoms with Gasteiger partial charge in [0, 0.05) is 22.1 Å². The average molecular weight is 286 g/mol. The Morgan fingerprint density at radius 1 is 1.44 bits per heavy atom. The Labute approximate surface area is 105 Å². The first-order valence-electron chi connectivity index (χ1n) is 5.84. The molecule has 3 heteroatoms. The van der Waals surface area contributed by atoms with Gasteiger partial charge in [0.2, 0.25) is 0 Å². The van der Waals surface area contributed by atoms with Gasteiger partial charge in [0.15, 0.2) is 0 Å². The SMILES string of the molecule is CCC1(NCc2cc(Br)ccc2F)CCC1. The fraction of sp³-hybridized carbons (Fsp3) is 0.538. The molecule has 0 aliphatic heterocycles. The maximum atomic E-state index is 13.5. The molecule has 0 atom stereocenters. The van der Waals surface area contributed by atoms with Crippen LogP contribution in [0.2, 0.25) is 0 Å². The summed E-state index contributed by atoms with van der Waals surface area (Å²) < 4.78 is 14.4. The molecular formula is C13H17BrFN. The lowest BCUT2D eigenvalue weighted by Crippen LogP contribution is -2.49. The Morgan fingerprint density at radius 3 is 2.75 bits per heavy atom. The van der Waals surface area contributed by atoms with Crippen LogP contribution < -0.4 is 5.32 Å². The van der Waals surface area contributed by atoms with Crippen LogP contribution >= 0.6 is 15.9 Å². The average Bonchev–Trinajstić information content (AvgIpc) is 2.22. The third kappa shape index (κ3) is 2.46. The summed E-state index contributed by atoms with van der Waals surface area (Å²) in [5.74, 6) is -0.124. The normalized spacial score (nSPS) is 18.2. The van der Waals surface area contributed by atoms with Gasteiger partial charge in [-0.3, -0.25) is 0 Å². The van der Waals surface area contributed by atoms with Gasteiger partial charge >= 0.3 is 0 Å². The lowest BCUT2D eigenvalue weighted by Gasteiger charge is -2.42. The van der Waals surface area contributed by atoms with Crippen LogP contribution in [-0.2, 0) is 6.54 Å². The van der Waals surface area contributed by atoms with Crippen LogP contribution in [-0.4, -0.2) is 5.54 Å². The zero-order valence-corrected chi connectivity index (χ0v) is 11.1. The molecule has 0 spiro atoms. The van der Waals surface area contributed by atoms with Crippen LogP contribution in [0.1, 0.15) is 38.2 Å². The first-order valence-corrected chi connectivity index (χ1v) is 6.63. The molecule has 0 aromatic heterocycles. The summed E-state index contributed by atoms with van der Waals surface area (Å²) in [6, 6.07) is 5.10. The lowest BCUT2D eigenvalue weighted by molar-refractivity contribution is 0.175. The van der Waals surface area contributed by atoms with E-state index in [-0.39, 0.29) is 11.4 Å². The highest BCUT2D eigenvalue weighted by Gasteiger charge is 2.34. The van der Waals surface area contributed by atoms with Gasteiger partial charge in [-0.25, -0.2) is 4.39 Å². The number of halogens is 2. The third-order valence-electron chi connectivity index (χ3n) is 3.65. The predicted molar refractivity (Wildman–Crippen MR) is 67.8 cm³/mol. The Bertz CT molecular complexity index is 369. The summed E-state index contributed by atoms with van der Waals surface area (Å²) in [4.78, 5) is 0. The molecule has 1 aromatic rings. The molecule has 0 radical (unpaired) electrons. The van der Waals surface area contributed by atoms with Crippen molar-refractivity contribution in [2.75, 3.05) is 0 Å². The largest absolute Gasteiger partial charge is 0.307 e. The van der Waals surface area contributed by atoms with E-state index < -0.39 is 0 Å². The molecule has 1 saturated carbocycles. The molecule has 1 aromatic carbocycles. The van der Waals surface area contributed by atoms with Crippen molar-refractivity contribution >= 4 is 15.9 Å². The molecule has 0 unspecified atom stereocenters. The molecule has 1 N–H and O–H groups in total. The second-order valence-corrected chi connectivity index (χ2v) is 5.49. The Hall–Kier alpha value is -0.410. The molecule has 88 valence electrons. The number of benzene rings is 1. The number of nitrogens with one attached hydrogen (secondary N) is 1. The number of hydrogen-bond acceptors (Lipinski definition) is 1. The van der Waals surface area contributed by atoms with E-state index in [0.717, 1.165) is 16.5 Å². The van der Waals surface area contributed by atoms with E-state index in [0.29, 0.717) is 6.54 Å². The summed E-state index contributed by atoms with van der Waals surface area (Å²) in [6.45, 7) is 2.82. The maximum absolute atomic E-state index is 13.5. The molecule has 2 rings (SSSR count). The third-order valence-corrected chi connectivity index (χ3v) is 4.14. The Morgan fingerprint density at radius 2 is 2.19 bits per heavy atom. The van der Waals surface area contributed by atoms with Gasteiger partial charge in [0.25, 0.3) is 0 Å². The summed E-state index contributed by atoms with van der Waals surface area (Å²) in [7, 11) is 0. The first-order chi connectivity index (χ1) is 7.65. The standard InChI is InChI=1S/C13H17BrFN/c1-2-13(6-3-7-13)16-9-10-8-11(14)4-5-12(10)15/h4-5,8,16H,2-3,6-7,9H2,1H3. The van der Waals surface area contributed by atoms with Crippen LogP contribution in [0.4, 0.5) is 4.39 Å². The molecule has 16 heavy (non-hydrogen) atoms. The van der Waals surface area contributed by atoms with Gasteiger partial charge < -0.3 is 5.32 Å². The second-order valence-electron chi connectivity index (χ2n) is 4.58. The van der Waals surface area contributed by atoms with Crippen molar-refractivity contribution in [3.05, 3.63) is 34.1 Å². The molecule has 1 aliphatic carbocycles. The Kier molecular flexibility index (Phi) is 3.65. The molecule has 0 amide bonds. The zero-order chi connectivity index (χ0) is 11.6. The summed E-state index contributed by atoms with van der Waals surface area (Å²) >= 11 is 3.37. The highest BCUT2D eigenvalue weighted by Crippen LogP contribution is 2.35.